The smallest absolute Gasteiger partial charge is 0.408 e. The second-order valence-electron chi connectivity index (χ2n) is 9.06. The summed E-state index contributed by atoms with van der Waals surface area (Å²) in [6.45, 7) is 12.0. The van der Waals surface area contributed by atoms with Gasteiger partial charge in [0.15, 0.2) is 0 Å². The highest BCUT2D eigenvalue weighted by molar-refractivity contribution is 5.86. The Morgan fingerprint density at radius 1 is 1.24 bits per heavy atom. The molecule has 1 atom stereocenters. The summed E-state index contributed by atoms with van der Waals surface area (Å²) in [7, 11) is 0. The molecular weight excluding hydrogens is 375 g/mol. The Kier molecular flexibility index (Phi) is 7.14. The zero-order valence-corrected chi connectivity index (χ0v) is 18.2. The molecule has 1 aliphatic heterocycles. The predicted molar refractivity (Wildman–Crippen MR) is 110 cm³/mol. The quantitative estimate of drug-likeness (QED) is 0.788. The van der Waals surface area contributed by atoms with E-state index < -0.39 is 17.7 Å². The zero-order chi connectivity index (χ0) is 21.9. The molecule has 2 rings (SSSR count). The van der Waals surface area contributed by atoms with Crippen LogP contribution in [-0.2, 0) is 4.79 Å². The molecule has 1 aromatic carbocycles. The van der Waals surface area contributed by atoms with Gasteiger partial charge in [0.25, 0.3) is 0 Å². The zero-order valence-electron chi connectivity index (χ0n) is 18.2. The highest BCUT2D eigenvalue weighted by atomic mass is 19.1. The van der Waals surface area contributed by atoms with Crippen LogP contribution in [0.15, 0.2) is 18.2 Å². The summed E-state index contributed by atoms with van der Waals surface area (Å²) in [6, 6.07) is 3.71. The van der Waals surface area contributed by atoms with Crippen molar-refractivity contribution in [2.24, 2.45) is 5.92 Å². The van der Waals surface area contributed by atoms with Gasteiger partial charge < -0.3 is 14.7 Å². The van der Waals surface area contributed by atoms with Crippen molar-refractivity contribution in [3.63, 3.8) is 0 Å². The summed E-state index contributed by atoms with van der Waals surface area (Å²) in [5.74, 6) is 0.0558. The molecule has 0 unspecified atom stereocenters. The third-order valence-electron chi connectivity index (χ3n) is 5.28. The van der Waals surface area contributed by atoms with Gasteiger partial charge >= 0.3 is 6.09 Å². The molecule has 7 heteroatoms. The van der Waals surface area contributed by atoms with Crippen molar-refractivity contribution in [1.29, 1.82) is 0 Å². The van der Waals surface area contributed by atoms with Crippen molar-refractivity contribution >= 4 is 12.0 Å². The minimum Gasteiger partial charge on any atom is -0.490 e. The van der Waals surface area contributed by atoms with E-state index in [9.17, 15) is 19.1 Å². The Balaban J connectivity index is 2.06. The lowest BCUT2D eigenvalue weighted by Gasteiger charge is -2.43. The molecule has 1 aliphatic rings. The van der Waals surface area contributed by atoms with Crippen LogP contribution in [0.1, 0.15) is 53.0 Å². The normalized spacial score (nSPS) is 16.6. The Labute approximate surface area is 172 Å². The van der Waals surface area contributed by atoms with Gasteiger partial charge in [0.1, 0.15) is 23.7 Å². The van der Waals surface area contributed by atoms with Gasteiger partial charge in [0.2, 0.25) is 5.91 Å². The number of hydrogen-bond donors (Lipinski definition) is 1. The average Bonchev–Trinajstić information content (AvgIpc) is 2.60. The number of carbonyl (C=O) groups excluding carboxylic acids is 1. The monoisotopic (exact) mass is 408 g/mol. The number of carboxylic acid groups (broad SMARTS) is 1. The van der Waals surface area contributed by atoms with Crippen molar-refractivity contribution < 1.29 is 23.8 Å². The van der Waals surface area contributed by atoms with Crippen LogP contribution in [-0.4, -0.2) is 57.7 Å². The number of aryl methyl sites for hydroxylation is 1. The highest BCUT2D eigenvalue weighted by Gasteiger charge is 2.41. The van der Waals surface area contributed by atoms with Crippen molar-refractivity contribution in [2.45, 2.75) is 72.1 Å². The molecule has 0 bridgehead atoms. The molecule has 0 aromatic heterocycles. The summed E-state index contributed by atoms with van der Waals surface area (Å²) >= 11 is 0. The van der Waals surface area contributed by atoms with E-state index in [-0.39, 0.29) is 23.7 Å². The summed E-state index contributed by atoms with van der Waals surface area (Å²) in [5.41, 5.74) is 0.0588. The summed E-state index contributed by atoms with van der Waals surface area (Å²) < 4.78 is 19.3. The Morgan fingerprint density at radius 3 is 2.28 bits per heavy atom. The van der Waals surface area contributed by atoms with Crippen LogP contribution in [0.3, 0.4) is 0 Å². The van der Waals surface area contributed by atoms with Crippen LogP contribution in [0.4, 0.5) is 9.18 Å². The molecule has 0 spiro atoms. The fourth-order valence-electron chi connectivity index (χ4n) is 3.82. The van der Waals surface area contributed by atoms with Gasteiger partial charge in [-0.25, -0.2) is 9.18 Å². The van der Waals surface area contributed by atoms with Crippen molar-refractivity contribution in [3.05, 3.63) is 29.6 Å². The Morgan fingerprint density at radius 2 is 1.83 bits per heavy atom. The van der Waals surface area contributed by atoms with Gasteiger partial charge in [-0.3, -0.25) is 9.69 Å². The first-order chi connectivity index (χ1) is 13.4. The number of ether oxygens (including phenoxy) is 1. The molecule has 1 fully saturated rings. The Hall–Kier alpha value is -2.31. The number of piperidine rings is 1. The maximum Gasteiger partial charge on any atom is 0.408 e. The number of amides is 2. The molecule has 1 aromatic rings. The van der Waals surface area contributed by atoms with Gasteiger partial charge in [-0.15, -0.1) is 0 Å². The van der Waals surface area contributed by atoms with Crippen LogP contribution in [0.2, 0.25) is 0 Å². The largest absolute Gasteiger partial charge is 0.490 e. The van der Waals surface area contributed by atoms with E-state index in [0.717, 1.165) is 5.56 Å². The fourth-order valence-corrected chi connectivity index (χ4v) is 3.82. The number of likely N-dealkylation sites (tertiary alicyclic amines) is 1. The molecule has 1 heterocycles. The fraction of sp³-hybridized carbons (Fsp3) is 0.636. The lowest BCUT2D eigenvalue weighted by Crippen LogP contribution is -2.60. The maximum atomic E-state index is 13.3. The molecule has 0 aliphatic carbocycles. The van der Waals surface area contributed by atoms with E-state index in [1.807, 2.05) is 13.8 Å². The molecule has 0 radical (unpaired) electrons. The average molecular weight is 409 g/mol. The van der Waals surface area contributed by atoms with Crippen LogP contribution in [0, 0.1) is 18.7 Å². The molecule has 162 valence electrons. The third-order valence-corrected chi connectivity index (χ3v) is 5.28. The molecule has 2 amide bonds. The summed E-state index contributed by atoms with van der Waals surface area (Å²) in [5, 5.41) is 9.74. The first kappa shape index (κ1) is 23.0. The lowest BCUT2D eigenvalue weighted by molar-refractivity contribution is -0.141. The summed E-state index contributed by atoms with van der Waals surface area (Å²) in [6.07, 6.45) is 0.153. The lowest BCUT2D eigenvalue weighted by atomic mass is 9.94. The number of nitrogens with zero attached hydrogens (tertiary/aromatic N) is 2. The van der Waals surface area contributed by atoms with E-state index in [0.29, 0.717) is 31.7 Å². The predicted octanol–water partition coefficient (Wildman–Crippen LogP) is 4.31. The van der Waals surface area contributed by atoms with Crippen molar-refractivity contribution in [1.82, 2.24) is 9.80 Å². The van der Waals surface area contributed by atoms with Crippen molar-refractivity contribution in [2.75, 3.05) is 13.1 Å². The summed E-state index contributed by atoms with van der Waals surface area (Å²) in [4.78, 5) is 28.1. The van der Waals surface area contributed by atoms with E-state index in [1.54, 1.807) is 38.7 Å². The number of halogens is 1. The van der Waals surface area contributed by atoms with Gasteiger partial charge in [0, 0.05) is 31.5 Å². The first-order valence-corrected chi connectivity index (χ1v) is 10.2. The van der Waals surface area contributed by atoms with Crippen LogP contribution in [0.5, 0.6) is 5.75 Å². The minimum atomic E-state index is -1.09. The molecular formula is C22H33FN2O4. The van der Waals surface area contributed by atoms with Gasteiger partial charge in [0.05, 0.1) is 0 Å². The maximum absolute atomic E-state index is 13.3. The number of carbonyl (C=O) groups is 2. The molecule has 1 N–H and O–H groups in total. The van der Waals surface area contributed by atoms with E-state index in [1.165, 1.54) is 17.0 Å². The van der Waals surface area contributed by atoms with Crippen LogP contribution in [0.25, 0.3) is 0 Å². The molecule has 1 saturated heterocycles. The van der Waals surface area contributed by atoms with E-state index in [4.69, 9.17) is 4.74 Å². The van der Waals surface area contributed by atoms with Crippen LogP contribution < -0.4 is 4.74 Å². The second-order valence-corrected chi connectivity index (χ2v) is 9.06. The van der Waals surface area contributed by atoms with Gasteiger partial charge in [-0.1, -0.05) is 13.8 Å². The second kappa shape index (κ2) is 9.01. The molecule has 29 heavy (non-hydrogen) atoms. The van der Waals surface area contributed by atoms with Crippen LogP contribution >= 0.6 is 0 Å². The molecule has 6 nitrogen and oxygen atoms in total. The molecule has 0 saturated carbocycles. The van der Waals surface area contributed by atoms with Gasteiger partial charge in [-0.2, -0.15) is 0 Å². The van der Waals surface area contributed by atoms with Crippen molar-refractivity contribution in [3.8, 4) is 5.75 Å². The number of rotatable bonds is 5. The topological polar surface area (TPSA) is 70.1 Å². The number of hydrogen-bond acceptors (Lipinski definition) is 3. The number of benzene rings is 1. The Bertz CT molecular complexity index is 737. The van der Waals surface area contributed by atoms with E-state index in [2.05, 4.69) is 0 Å². The minimum absolute atomic E-state index is 0.0566. The van der Waals surface area contributed by atoms with Gasteiger partial charge in [-0.05, 0) is 57.4 Å². The van der Waals surface area contributed by atoms with E-state index >= 15 is 0 Å². The third kappa shape index (κ3) is 5.61. The first-order valence-electron chi connectivity index (χ1n) is 10.2. The SMILES string of the molecule is Cc1cc(F)ccc1OC1CCN(C(=O)[C@H](C(C)C)N(C(=O)O)C(C)(C)C)CC1. The highest BCUT2D eigenvalue weighted by Crippen LogP contribution is 2.27. The standard InChI is InChI=1S/C22H33FN2O4/c1-14(2)19(25(21(27)28)22(4,5)6)20(26)24-11-9-17(10-12-24)29-18-8-7-16(23)13-15(18)3/h7-8,13-14,17,19H,9-12H2,1-6H3,(H,27,28)/t19-/m0/s1.